The molecule has 2 N–H and O–H groups in total. The largest absolute Gasteiger partial charge is 0.383 e. The number of rotatable bonds is 4. The molecule has 2 aromatic heterocycles. The van der Waals surface area contributed by atoms with Crippen LogP contribution in [-0.2, 0) is 6.42 Å². The minimum atomic E-state index is 0.324. The zero-order chi connectivity index (χ0) is 14.0. The molecule has 0 amide bonds. The molecule has 0 aromatic carbocycles. The van der Waals surface area contributed by atoms with Crippen molar-refractivity contribution in [2.75, 3.05) is 5.73 Å². The summed E-state index contributed by atoms with van der Waals surface area (Å²) in [6, 6.07) is 0.324. The standard InChI is InChI=1S/C13H18IN5/c1-4-5-10-11(14)12(15)18-13(17-10)9-6-16-19(7-9)8(2)3/h6-8H,4-5H2,1-3H3,(H2,15,17,18). The maximum absolute atomic E-state index is 5.97. The Morgan fingerprint density at radius 1 is 1.37 bits per heavy atom. The Morgan fingerprint density at radius 2 is 2.11 bits per heavy atom. The van der Waals surface area contributed by atoms with Crippen LogP contribution in [0.4, 0.5) is 5.82 Å². The Balaban J connectivity index is 2.43. The number of hydrogen-bond donors (Lipinski definition) is 1. The Hall–Kier alpha value is -1.18. The lowest BCUT2D eigenvalue weighted by Crippen LogP contribution is -2.05. The summed E-state index contributed by atoms with van der Waals surface area (Å²) in [6.07, 6.45) is 5.70. The van der Waals surface area contributed by atoms with Gasteiger partial charge < -0.3 is 5.73 Å². The average Bonchev–Trinajstić information content (AvgIpc) is 2.84. The number of halogens is 1. The third-order valence-electron chi connectivity index (χ3n) is 2.82. The number of nitrogens with two attached hydrogens (primary N) is 1. The number of nitrogen functional groups attached to an aromatic ring is 1. The molecular weight excluding hydrogens is 353 g/mol. The fourth-order valence-electron chi connectivity index (χ4n) is 1.78. The van der Waals surface area contributed by atoms with Crippen LogP contribution in [0.3, 0.4) is 0 Å². The number of aryl methyl sites for hydroxylation is 1. The van der Waals surface area contributed by atoms with E-state index >= 15 is 0 Å². The lowest BCUT2D eigenvalue weighted by Gasteiger charge is -2.07. The summed E-state index contributed by atoms with van der Waals surface area (Å²) in [4.78, 5) is 8.98. The molecule has 102 valence electrons. The topological polar surface area (TPSA) is 69.6 Å². The third-order valence-corrected chi connectivity index (χ3v) is 4.00. The molecule has 19 heavy (non-hydrogen) atoms. The van der Waals surface area contributed by atoms with Crippen LogP contribution < -0.4 is 5.73 Å². The van der Waals surface area contributed by atoms with Crippen molar-refractivity contribution in [3.8, 4) is 11.4 Å². The molecular formula is C13H18IN5. The molecule has 0 aliphatic carbocycles. The molecule has 0 atom stereocenters. The van der Waals surface area contributed by atoms with Crippen LogP contribution in [0.5, 0.6) is 0 Å². The van der Waals surface area contributed by atoms with Gasteiger partial charge in [0, 0.05) is 12.2 Å². The molecule has 0 aliphatic rings. The Labute approximate surface area is 126 Å². The van der Waals surface area contributed by atoms with Gasteiger partial charge in [0.15, 0.2) is 5.82 Å². The van der Waals surface area contributed by atoms with E-state index in [-0.39, 0.29) is 0 Å². The molecule has 0 fully saturated rings. The molecule has 2 rings (SSSR count). The van der Waals surface area contributed by atoms with E-state index in [4.69, 9.17) is 5.73 Å². The van der Waals surface area contributed by atoms with Crippen molar-refractivity contribution in [3.63, 3.8) is 0 Å². The van der Waals surface area contributed by atoms with Gasteiger partial charge in [-0.1, -0.05) is 13.3 Å². The van der Waals surface area contributed by atoms with Crippen molar-refractivity contribution in [3.05, 3.63) is 21.7 Å². The number of anilines is 1. The zero-order valence-electron chi connectivity index (χ0n) is 11.4. The highest BCUT2D eigenvalue weighted by atomic mass is 127. The van der Waals surface area contributed by atoms with Gasteiger partial charge in [-0.3, -0.25) is 4.68 Å². The van der Waals surface area contributed by atoms with Gasteiger partial charge in [0.05, 0.1) is 21.0 Å². The van der Waals surface area contributed by atoms with Crippen molar-refractivity contribution in [2.24, 2.45) is 0 Å². The maximum Gasteiger partial charge on any atom is 0.165 e. The molecule has 6 heteroatoms. The Morgan fingerprint density at radius 3 is 2.68 bits per heavy atom. The highest BCUT2D eigenvalue weighted by Gasteiger charge is 2.12. The van der Waals surface area contributed by atoms with E-state index < -0.39 is 0 Å². The summed E-state index contributed by atoms with van der Waals surface area (Å²) in [5, 5.41) is 4.31. The van der Waals surface area contributed by atoms with Gasteiger partial charge in [-0.25, -0.2) is 9.97 Å². The minimum absolute atomic E-state index is 0.324. The zero-order valence-corrected chi connectivity index (χ0v) is 13.5. The van der Waals surface area contributed by atoms with Gasteiger partial charge in [-0.15, -0.1) is 0 Å². The smallest absolute Gasteiger partial charge is 0.165 e. The van der Waals surface area contributed by atoms with Crippen molar-refractivity contribution in [2.45, 2.75) is 39.7 Å². The second kappa shape index (κ2) is 5.85. The summed E-state index contributed by atoms with van der Waals surface area (Å²) >= 11 is 2.21. The molecule has 0 radical (unpaired) electrons. The lowest BCUT2D eigenvalue weighted by atomic mass is 10.2. The second-order valence-electron chi connectivity index (χ2n) is 4.75. The van der Waals surface area contributed by atoms with E-state index in [0.717, 1.165) is 27.7 Å². The van der Waals surface area contributed by atoms with Crippen molar-refractivity contribution in [1.82, 2.24) is 19.7 Å². The van der Waals surface area contributed by atoms with E-state index in [9.17, 15) is 0 Å². The first-order chi connectivity index (χ1) is 9.02. The van der Waals surface area contributed by atoms with Gasteiger partial charge in [0.1, 0.15) is 5.82 Å². The van der Waals surface area contributed by atoms with Gasteiger partial charge in [0.2, 0.25) is 0 Å². The number of nitrogens with zero attached hydrogens (tertiary/aromatic N) is 4. The van der Waals surface area contributed by atoms with Crippen LogP contribution in [0.1, 0.15) is 38.9 Å². The maximum atomic E-state index is 5.97. The van der Waals surface area contributed by atoms with Gasteiger partial charge >= 0.3 is 0 Å². The van der Waals surface area contributed by atoms with E-state index in [1.54, 1.807) is 6.20 Å². The molecule has 0 saturated heterocycles. The summed E-state index contributed by atoms with van der Waals surface area (Å²) in [5.74, 6) is 1.21. The van der Waals surface area contributed by atoms with E-state index in [0.29, 0.717) is 17.7 Å². The van der Waals surface area contributed by atoms with Crippen LogP contribution in [-0.4, -0.2) is 19.7 Å². The second-order valence-corrected chi connectivity index (χ2v) is 5.82. The summed E-state index contributed by atoms with van der Waals surface area (Å²) in [5.41, 5.74) is 7.90. The monoisotopic (exact) mass is 371 g/mol. The molecule has 0 unspecified atom stereocenters. The molecule has 0 bridgehead atoms. The SMILES string of the molecule is CCCc1nc(-c2cnn(C(C)C)c2)nc(N)c1I. The molecule has 0 saturated carbocycles. The van der Waals surface area contributed by atoms with Crippen LogP contribution in [0.15, 0.2) is 12.4 Å². The van der Waals surface area contributed by atoms with E-state index in [1.807, 2.05) is 10.9 Å². The van der Waals surface area contributed by atoms with Crippen LogP contribution in [0.2, 0.25) is 0 Å². The minimum Gasteiger partial charge on any atom is -0.383 e. The lowest BCUT2D eigenvalue weighted by molar-refractivity contribution is 0.532. The predicted molar refractivity (Wildman–Crippen MR) is 84.8 cm³/mol. The molecule has 2 aromatic rings. The first-order valence-electron chi connectivity index (χ1n) is 6.39. The Bertz CT molecular complexity index is 576. The first kappa shape index (κ1) is 14.2. The molecule has 5 nitrogen and oxygen atoms in total. The van der Waals surface area contributed by atoms with Gasteiger partial charge in [-0.2, -0.15) is 5.10 Å². The van der Waals surface area contributed by atoms with E-state index in [1.165, 1.54) is 0 Å². The van der Waals surface area contributed by atoms with Crippen molar-refractivity contribution in [1.29, 1.82) is 0 Å². The van der Waals surface area contributed by atoms with Crippen LogP contribution >= 0.6 is 22.6 Å². The highest BCUT2D eigenvalue weighted by Crippen LogP contribution is 2.23. The summed E-state index contributed by atoms with van der Waals surface area (Å²) < 4.78 is 2.85. The van der Waals surface area contributed by atoms with Crippen molar-refractivity contribution < 1.29 is 0 Å². The fraction of sp³-hybridized carbons (Fsp3) is 0.462. The molecule has 0 aliphatic heterocycles. The quantitative estimate of drug-likeness (QED) is 0.839. The molecule has 2 heterocycles. The number of aromatic nitrogens is 4. The summed E-state index contributed by atoms with van der Waals surface area (Å²) in [7, 11) is 0. The van der Waals surface area contributed by atoms with Crippen LogP contribution in [0, 0.1) is 3.57 Å². The fourth-order valence-corrected chi connectivity index (χ4v) is 2.29. The van der Waals surface area contributed by atoms with Crippen molar-refractivity contribution >= 4 is 28.4 Å². The first-order valence-corrected chi connectivity index (χ1v) is 7.47. The van der Waals surface area contributed by atoms with E-state index in [2.05, 4.69) is 58.4 Å². The van der Waals surface area contributed by atoms with Gasteiger partial charge in [0.25, 0.3) is 0 Å². The average molecular weight is 371 g/mol. The van der Waals surface area contributed by atoms with Gasteiger partial charge in [-0.05, 0) is 42.9 Å². The number of hydrogen-bond acceptors (Lipinski definition) is 4. The molecule has 0 spiro atoms. The van der Waals surface area contributed by atoms with Crippen LogP contribution in [0.25, 0.3) is 11.4 Å². The third kappa shape index (κ3) is 3.05. The normalized spacial score (nSPS) is 11.2. The highest BCUT2D eigenvalue weighted by molar-refractivity contribution is 14.1. The Kier molecular flexibility index (Phi) is 4.38. The summed E-state index contributed by atoms with van der Waals surface area (Å²) in [6.45, 7) is 6.30. The predicted octanol–water partition coefficient (Wildman–Crippen LogP) is 3.06.